The van der Waals surface area contributed by atoms with Gasteiger partial charge in [-0.3, -0.25) is 4.79 Å². The normalized spacial score (nSPS) is 16.7. The summed E-state index contributed by atoms with van der Waals surface area (Å²) in [6.45, 7) is 9.80. The zero-order valence-corrected chi connectivity index (χ0v) is 14.1. The van der Waals surface area contributed by atoms with Crippen LogP contribution in [-0.4, -0.2) is 30.1 Å². The summed E-state index contributed by atoms with van der Waals surface area (Å²) >= 11 is 0. The van der Waals surface area contributed by atoms with Gasteiger partial charge in [0.25, 0.3) is 0 Å². The molecule has 2 heterocycles. The molecule has 1 aliphatic rings. The first kappa shape index (κ1) is 16.7. The van der Waals surface area contributed by atoms with Gasteiger partial charge in [-0.1, -0.05) is 6.07 Å². The molecule has 0 atom stereocenters. The zero-order valence-electron chi connectivity index (χ0n) is 14.1. The Kier molecular flexibility index (Phi) is 5.06. The standard InChI is InChI=1S/C17H27N3O2/c1-12-5-6-13(11-18)15(19-12)20-9-7-14(8-10-20)22-16(21)17(2,3)4/h5-6,14H,7-11,18H2,1-4H3. The molecule has 1 fully saturated rings. The first-order valence-electron chi connectivity index (χ1n) is 7.94. The number of nitrogens with zero attached hydrogens (tertiary/aromatic N) is 2. The lowest BCUT2D eigenvalue weighted by Gasteiger charge is -2.34. The highest BCUT2D eigenvalue weighted by atomic mass is 16.5. The second-order valence-electron chi connectivity index (χ2n) is 6.98. The van der Waals surface area contributed by atoms with Gasteiger partial charge in [0.15, 0.2) is 0 Å². The Morgan fingerprint density at radius 2 is 2.00 bits per heavy atom. The number of ether oxygens (including phenoxy) is 1. The van der Waals surface area contributed by atoms with Crippen LogP contribution in [0.1, 0.15) is 44.9 Å². The third kappa shape index (κ3) is 3.97. The number of hydrogen-bond acceptors (Lipinski definition) is 5. The first-order chi connectivity index (χ1) is 10.3. The third-order valence-corrected chi connectivity index (χ3v) is 3.94. The predicted octanol–water partition coefficient (Wildman–Crippen LogP) is 2.41. The van der Waals surface area contributed by atoms with Crippen molar-refractivity contribution in [1.29, 1.82) is 0 Å². The summed E-state index contributed by atoms with van der Waals surface area (Å²) in [7, 11) is 0. The van der Waals surface area contributed by atoms with Gasteiger partial charge in [0, 0.05) is 43.7 Å². The molecular weight excluding hydrogens is 278 g/mol. The Hall–Kier alpha value is -1.62. The molecule has 22 heavy (non-hydrogen) atoms. The van der Waals surface area contributed by atoms with Gasteiger partial charge in [-0.25, -0.2) is 4.98 Å². The van der Waals surface area contributed by atoms with Crippen molar-refractivity contribution in [2.45, 2.75) is 53.2 Å². The molecule has 122 valence electrons. The van der Waals surface area contributed by atoms with E-state index in [0.717, 1.165) is 43.0 Å². The number of hydrogen-bond donors (Lipinski definition) is 1. The van der Waals surface area contributed by atoms with Gasteiger partial charge >= 0.3 is 5.97 Å². The third-order valence-electron chi connectivity index (χ3n) is 3.94. The fraction of sp³-hybridized carbons (Fsp3) is 0.647. The van der Waals surface area contributed by atoms with Gasteiger partial charge in [-0.05, 0) is 33.8 Å². The number of pyridine rings is 1. The zero-order chi connectivity index (χ0) is 16.3. The Labute approximate surface area is 132 Å². The average molecular weight is 305 g/mol. The van der Waals surface area contributed by atoms with E-state index in [4.69, 9.17) is 10.5 Å². The van der Waals surface area contributed by atoms with Crippen LogP contribution in [0.25, 0.3) is 0 Å². The second-order valence-corrected chi connectivity index (χ2v) is 6.98. The quantitative estimate of drug-likeness (QED) is 0.869. The number of carbonyl (C=O) groups is 1. The molecular formula is C17H27N3O2. The lowest BCUT2D eigenvalue weighted by atomic mass is 9.97. The van der Waals surface area contributed by atoms with E-state index < -0.39 is 5.41 Å². The van der Waals surface area contributed by atoms with Crippen LogP contribution in [0.15, 0.2) is 12.1 Å². The van der Waals surface area contributed by atoms with E-state index in [0.29, 0.717) is 6.54 Å². The lowest BCUT2D eigenvalue weighted by molar-refractivity contribution is -0.159. The van der Waals surface area contributed by atoms with Crippen molar-refractivity contribution in [3.05, 3.63) is 23.4 Å². The van der Waals surface area contributed by atoms with E-state index in [2.05, 4.69) is 9.88 Å². The van der Waals surface area contributed by atoms with E-state index >= 15 is 0 Å². The van der Waals surface area contributed by atoms with Gasteiger partial charge in [0.05, 0.1) is 5.41 Å². The molecule has 1 saturated heterocycles. The molecule has 0 aromatic carbocycles. The van der Waals surface area contributed by atoms with E-state index in [1.165, 1.54) is 0 Å². The molecule has 0 radical (unpaired) electrons. The topological polar surface area (TPSA) is 68.4 Å². The van der Waals surface area contributed by atoms with Crippen molar-refractivity contribution >= 4 is 11.8 Å². The van der Waals surface area contributed by atoms with Crippen LogP contribution in [-0.2, 0) is 16.1 Å². The summed E-state index contributed by atoms with van der Waals surface area (Å²) in [4.78, 5) is 18.8. The molecule has 0 spiro atoms. The highest BCUT2D eigenvalue weighted by Crippen LogP contribution is 2.25. The molecule has 2 N–H and O–H groups in total. The van der Waals surface area contributed by atoms with Gasteiger partial charge in [-0.2, -0.15) is 0 Å². The monoisotopic (exact) mass is 305 g/mol. The fourth-order valence-electron chi connectivity index (χ4n) is 2.52. The van der Waals surface area contributed by atoms with E-state index in [1.807, 2.05) is 39.8 Å². The molecule has 0 aliphatic carbocycles. The Bertz CT molecular complexity index is 529. The summed E-state index contributed by atoms with van der Waals surface area (Å²) in [5.41, 5.74) is 7.43. The number of aryl methyl sites for hydroxylation is 1. The van der Waals surface area contributed by atoms with Crippen molar-refractivity contribution in [1.82, 2.24) is 4.98 Å². The minimum Gasteiger partial charge on any atom is -0.462 e. The van der Waals surface area contributed by atoms with Gasteiger partial charge in [-0.15, -0.1) is 0 Å². The Morgan fingerprint density at radius 1 is 1.36 bits per heavy atom. The number of piperidine rings is 1. The SMILES string of the molecule is Cc1ccc(CN)c(N2CCC(OC(=O)C(C)(C)C)CC2)n1. The van der Waals surface area contributed by atoms with E-state index in [1.54, 1.807) is 0 Å². The summed E-state index contributed by atoms with van der Waals surface area (Å²) in [6.07, 6.45) is 1.68. The molecule has 0 saturated carbocycles. The fourth-order valence-corrected chi connectivity index (χ4v) is 2.52. The van der Waals surface area contributed by atoms with Crippen LogP contribution < -0.4 is 10.6 Å². The largest absolute Gasteiger partial charge is 0.462 e. The summed E-state index contributed by atoms with van der Waals surface area (Å²) in [5.74, 6) is 0.852. The molecule has 5 heteroatoms. The number of aromatic nitrogens is 1. The molecule has 0 unspecified atom stereocenters. The van der Waals surface area contributed by atoms with E-state index in [9.17, 15) is 4.79 Å². The molecule has 5 nitrogen and oxygen atoms in total. The number of anilines is 1. The maximum absolute atomic E-state index is 12.0. The molecule has 0 amide bonds. The Balaban J connectivity index is 1.98. The number of rotatable bonds is 3. The Morgan fingerprint density at radius 3 is 2.55 bits per heavy atom. The summed E-state index contributed by atoms with van der Waals surface area (Å²) in [5, 5.41) is 0. The van der Waals surface area contributed by atoms with E-state index in [-0.39, 0.29) is 12.1 Å². The first-order valence-corrected chi connectivity index (χ1v) is 7.94. The summed E-state index contributed by atoms with van der Waals surface area (Å²) < 4.78 is 5.61. The average Bonchev–Trinajstić information content (AvgIpc) is 2.47. The van der Waals surface area contributed by atoms with Crippen LogP contribution in [0.4, 0.5) is 5.82 Å². The number of esters is 1. The van der Waals surface area contributed by atoms with Crippen molar-refractivity contribution < 1.29 is 9.53 Å². The smallest absolute Gasteiger partial charge is 0.311 e. The van der Waals surface area contributed by atoms with Crippen LogP contribution in [0.3, 0.4) is 0 Å². The minimum absolute atomic E-state index is 0.00844. The van der Waals surface area contributed by atoms with Crippen molar-refractivity contribution in [3.8, 4) is 0 Å². The number of carbonyl (C=O) groups excluding carboxylic acids is 1. The van der Waals surface area contributed by atoms with Crippen LogP contribution in [0.2, 0.25) is 0 Å². The maximum atomic E-state index is 12.0. The van der Waals surface area contributed by atoms with Gasteiger partial charge < -0.3 is 15.4 Å². The molecule has 0 bridgehead atoms. The van der Waals surface area contributed by atoms with Crippen LogP contribution >= 0.6 is 0 Å². The second kappa shape index (κ2) is 6.65. The molecule has 1 aromatic rings. The summed E-state index contributed by atoms with van der Waals surface area (Å²) in [6, 6.07) is 4.03. The molecule has 1 aromatic heterocycles. The predicted molar refractivity (Wildman–Crippen MR) is 87.6 cm³/mol. The van der Waals surface area contributed by atoms with Crippen molar-refractivity contribution in [2.24, 2.45) is 11.1 Å². The number of nitrogens with two attached hydrogens (primary N) is 1. The highest BCUT2D eigenvalue weighted by Gasteiger charge is 2.29. The van der Waals surface area contributed by atoms with Crippen LogP contribution in [0, 0.1) is 12.3 Å². The van der Waals surface area contributed by atoms with Crippen molar-refractivity contribution in [2.75, 3.05) is 18.0 Å². The minimum atomic E-state index is -0.443. The molecule has 2 rings (SSSR count). The maximum Gasteiger partial charge on any atom is 0.311 e. The highest BCUT2D eigenvalue weighted by molar-refractivity contribution is 5.75. The lowest BCUT2D eigenvalue weighted by Crippen LogP contribution is -2.40. The van der Waals surface area contributed by atoms with Crippen LogP contribution in [0.5, 0.6) is 0 Å². The van der Waals surface area contributed by atoms with Crippen molar-refractivity contribution in [3.63, 3.8) is 0 Å². The van der Waals surface area contributed by atoms with Gasteiger partial charge in [0.1, 0.15) is 11.9 Å². The van der Waals surface area contributed by atoms with Gasteiger partial charge in [0.2, 0.25) is 0 Å². The molecule has 1 aliphatic heterocycles.